The summed E-state index contributed by atoms with van der Waals surface area (Å²) in [7, 11) is -3.49. The van der Waals surface area contributed by atoms with E-state index in [0.29, 0.717) is 6.42 Å². The van der Waals surface area contributed by atoms with Gasteiger partial charge in [0.25, 0.3) is 0 Å². The molecular formula is C13H16F2O3S. The van der Waals surface area contributed by atoms with Crippen LogP contribution in [0.3, 0.4) is 0 Å². The molecule has 0 aliphatic carbocycles. The van der Waals surface area contributed by atoms with Crippen LogP contribution in [0.1, 0.15) is 36.5 Å². The highest BCUT2D eigenvalue weighted by Gasteiger charge is 2.18. The summed E-state index contributed by atoms with van der Waals surface area (Å²) >= 11 is 0. The van der Waals surface area contributed by atoms with E-state index in [1.54, 1.807) is 0 Å². The molecule has 1 aromatic rings. The Bertz CT molecular complexity index is 553. The van der Waals surface area contributed by atoms with Crippen molar-refractivity contribution in [3.8, 4) is 0 Å². The minimum absolute atomic E-state index is 0.0593. The Hall–Kier alpha value is -1.30. The number of hydrogen-bond acceptors (Lipinski definition) is 3. The molecule has 106 valence electrons. The molecule has 19 heavy (non-hydrogen) atoms. The lowest BCUT2D eigenvalue weighted by molar-refractivity contribution is 0.102. The van der Waals surface area contributed by atoms with Crippen LogP contribution in [-0.2, 0) is 9.84 Å². The molecule has 0 aliphatic heterocycles. The maximum absolute atomic E-state index is 12.9. The molecular weight excluding hydrogens is 274 g/mol. The molecule has 3 nitrogen and oxygen atoms in total. The van der Waals surface area contributed by atoms with Crippen LogP contribution >= 0.6 is 0 Å². The normalized spacial score (nSPS) is 11.5. The van der Waals surface area contributed by atoms with Crippen molar-refractivity contribution >= 4 is 15.6 Å². The van der Waals surface area contributed by atoms with Crippen molar-refractivity contribution in [3.63, 3.8) is 0 Å². The molecule has 0 amide bonds. The van der Waals surface area contributed by atoms with E-state index >= 15 is 0 Å². The second-order valence-corrected chi connectivity index (χ2v) is 6.54. The highest BCUT2D eigenvalue weighted by atomic mass is 32.2. The number of sulfone groups is 1. The minimum Gasteiger partial charge on any atom is -0.293 e. The van der Waals surface area contributed by atoms with Crippen molar-refractivity contribution in [1.82, 2.24) is 0 Å². The van der Waals surface area contributed by atoms with Gasteiger partial charge in [-0.05, 0) is 24.6 Å². The maximum atomic E-state index is 12.9. The average Bonchev–Trinajstić information content (AvgIpc) is 2.32. The Morgan fingerprint density at radius 3 is 2.42 bits per heavy atom. The molecule has 0 unspecified atom stereocenters. The summed E-state index contributed by atoms with van der Waals surface area (Å²) in [4.78, 5) is 11.7. The van der Waals surface area contributed by atoms with Gasteiger partial charge in [-0.15, -0.1) is 0 Å². The molecule has 0 N–H and O–H groups in total. The third kappa shape index (κ3) is 5.06. The largest absolute Gasteiger partial charge is 0.293 e. The van der Waals surface area contributed by atoms with Crippen molar-refractivity contribution in [1.29, 1.82) is 0 Å². The van der Waals surface area contributed by atoms with Gasteiger partial charge in [0.15, 0.2) is 27.3 Å². The summed E-state index contributed by atoms with van der Waals surface area (Å²) in [6, 6.07) is 2.62. The van der Waals surface area contributed by atoms with Crippen molar-refractivity contribution in [2.24, 2.45) is 0 Å². The van der Waals surface area contributed by atoms with Gasteiger partial charge in [-0.1, -0.05) is 19.8 Å². The van der Waals surface area contributed by atoms with Crippen LogP contribution in [0.15, 0.2) is 18.2 Å². The van der Waals surface area contributed by atoms with Crippen molar-refractivity contribution in [2.45, 2.75) is 26.2 Å². The highest BCUT2D eigenvalue weighted by molar-refractivity contribution is 7.92. The van der Waals surface area contributed by atoms with Gasteiger partial charge in [0, 0.05) is 5.56 Å². The fraction of sp³-hybridized carbons (Fsp3) is 0.462. The molecule has 0 aliphatic rings. The Balaban J connectivity index is 2.70. The minimum atomic E-state index is -3.49. The lowest BCUT2D eigenvalue weighted by atomic mass is 10.1. The summed E-state index contributed by atoms with van der Waals surface area (Å²) in [5, 5.41) is 0. The lowest BCUT2D eigenvalue weighted by Crippen LogP contribution is -2.19. The zero-order chi connectivity index (χ0) is 14.5. The monoisotopic (exact) mass is 290 g/mol. The third-order valence-electron chi connectivity index (χ3n) is 2.65. The SMILES string of the molecule is CCCCCS(=O)(=O)CC(=O)c1ccc(F)c(F)c1. The van der Waals surface area contributed by atoms with Crippen LogP contribution in [-0.4, -0.2) is 25.7 Å². The Labute approximate surface area is 111 Å². The number of ketones is 1. The summed E-state index contributed by atoms with van der Waals surface area (Å²) < 4.78 is 48.9. The molecule has 0 fully saturated rings. The van der Waals surface area contributed by atoms with Crippen LogP contribution in [0.5, 0.6) is 0 Å². The first-order valence-electron chi connectivity index (χ1n) is 6.04. The smallest absolute Gasteiger partial charge is 0.177 e. The Kier molecular flexibility index (Phi) is 5.60. The number of benzene rings is 1. The standard InChI is InChI=1S/C13H16F2O3S/c1-2-3-4-7-19(17,18)9-13(16)10-5-6-11(14)12(15)8-10/h5-6,8H,2-4,7,9H2,1H3. The third-order valence-corrected chi connectivity index (χ3v) is 4.26. The van der Waals surface area contributed by atoms with E-state index in [-0.39, 0.29) is 11.3 Å². The molecule has 1 aromatic carbocycles. The summed E-state index contributed by atoms with van der Waals surface area (Å²) in [5.41, 5.74) is -0.127. The second kappa shape index (κ2) is 6.75. The van der Waals surface area contributed by atoms with Crippen LogP contribution < -0.4 is 0 Å². The van der Waals surface area contributed by atoms with Gasteiger partial charge in [0.2, 0.25) is 0 Å². The number of rotatable bonds is 7. The first kappa shape index (κ1) is 15.8. The van der Waals surface area contributed by atoms with E-state index in [0.717, 1.165) is 31.0 Å². The number of carbonyl (C=O) groups excluding carboxylic acids is 1. The highest BCUT2D eigenvalue weighted by Crippen LogP contribution is 2.11. The van der Waals surface area contributed by atoms with E-state index in [4.69, 9.17) is 0 Å². The maximum Gasteiger partial charge on any atom is 0.177 e. The Morgan fingerprint density at radius 2 is 1.84 bits per heavy atom. The molecule has 1 rings (SSSR count). The quantitative estimate of drug-likeness (QED) is 0.573. The number of hydrogen-bond donors (Lipinski definition) is 0. The molecule has 0 spiro atoms. The van der Waals surface area contributed by atoms with E-state index < -0.39 is 33.0 Å². The first-order valence-corrected chi connectivity index (χ1v) is 7.86. The van der Waals surface area contributed by atoms with Gasteiger partial charge in [-0.25, -0.2) is 17.2 Å². The summed E-state index contributed by atoms with van der Waals surface area (Å²) in [6.45, 7) is 1.94. The fourth-order valence-corrected chi connectivity index (χ4v) is 2.95. The average molecular weight is 290 g/mol. The van der Waals surface area contributed by atoms with Crippen LogP contribution in [0, 0.1) is 11.6 Å². The van der Waals surface area contributed by atoms with Crippen molar-refractivity contribution in [2.75, 3.05) is 11.5 Å². The molecule has 0 heterocycles. The summed E-state index contributed by atoms with van der Waals surface area (Å²) in [5.74, 6) is -3.66. The topological polar surface area (TPSA) is 51.2 Å². The van der Waals surface area contributed by atoms with Gasteiger partial charge in [0.1, 0.15) is 5.75 Å². The lowest BCUT2D eigenvalue weighted by Gasteiger charge is -2.04. The van der Waals surface area contributed by atoms with E-state index in [1.165, 1.54) is 0 Å². The fourth-order valence-electron chi connectivity index (χ4n) is 1.60. The molecule has 0 bridgehead atoms. The van der Waals surface area contributed by atoms with Crippen molar-refractivity contribution in [3.05, 3.63) is 35.4 Å². The van der Waals surface area contributed by atoms with E-state index in [1.807, 2.05) is 6.92 Å². The molecule has 0 atom stereocenters. The predicted molar refractivity (Wildman–Crippen MR) is 68.9 cm³/mol. The van der Waals surface area contributed by atoms with Gasteiger partial charge in [0.05, 0.1) is 5.75 Å². The number of halogens is 2. The molecule has 6 heteroatoms. The number of unbranched alkanes of at least 4 members (excludes halogenated alkanes) is 2. The molecule has 0 aromatic heterocycles. The number of Topliss-reactive ketones (excluding diaryl/α,β-unsaturated/α-hetero) is 1. The number of carbonyl (C=O) groups is 1. The van der Waals surface area contributed by atoms with Crippen LogP contribution in [0.25, 0.3) is 0 Å². The van der Waals surface area contributed by atoms with Gasteiger partial charge < -0.3 is 0 Å². The van der Waals surface area contributed by atoms with Gasteiger partial charge in [-0.2, -0.15) is 0 Å². The van der Waals surface area contributed by atoms with E-state index in [2.05, 4.69) is 0 Å². The Morgan fingerprint density at radius 1 is 1.16 bits per heavy atom. The molecule has 0 saturated heterocycles. The van der Waals surface area contributed by atoms with Crippen LogP contribution in [0.2, 0.25) is 0 Å². The zero-order valence-electron chi connectivity index (χ0n) is 10.7. The van der Waals surface area contributed by atoms with Gasteiger partial charge in [-0.3, -0.25) is 4.79 Å². The van der Waals surface area contributed by atoms with Crippen molar-refractivity contribution < 1.29 is 22.0 Å². The van der Waals surface area contributed by atoms with Crippen LogP contribution in [0.4, 0.5) is 8.78 Å². The molecule has 0 saturated carbocycles. The summed E-state index contributed by atoms with van der Waals surface area (Å²) in [6.07, 6.45) is 2.16. The predicted octanol–water partition coefficient (Wildman–Crippen LogP) is 2.75. The van der Waals surface area contributed by atoms with E-state index in [9.17, 15) is 22.0 Å². The molecule has 0 radical (unpaired) electrons. The second-order valence-electron chi connectivity index (χ2n) is 4.35. The zero-order valence-corrected chi connectivity index (χ0v) is 11.5. The van der Waals surface area contributed by atoms with Gasteiger partial charge >= 0.3 is 0 Å². The first-order chi connectivity index (χ1) is 8.85.